The highest BCUT2D eigenvalue weighted by molar-refractivity contribution is 6.59. The number of ether oxygens (including phenoxy) is 6. The molecule has 0 saturated heterocycles. The molecule has 0 spiro atoms. The third-order valence-electron chi connectivity index (χ3n) is 4.57. The first kappa shape index (κ1) is 30.0. The van der Waals surface area contributed by atoms with E-state index in [9.17, 15) is 8.78 Å². The Balaban J connectivity index is 0.000000271. The molecule has 0 unspecified atom stereocenters. The molecule has 0 bridgehead atoms. The largest absolute Gasteiger partial charge is 0.490 e. The van der Waals surface area contributed by atoms with Crippen molar-refractivity contribution in [1.82, 2.24) is 15.0 Å². The molecule has 3 aromatic rings. The molecule has 14 heteroatoms. The van der Waals surface area contributed by atoms with Gasteiger partial charge in [0.1, 0.15) is 25.1 Å². The second-order valence-electron chi connectivity index (χ2n) is 7.11. The summed E-state index contributed by atoms with van der Waals surface area (Å²) in [6.45, 7) is 0.383. The van der Waals surface area contributed by atoms with E-state index in [1.165, 1.54) is 34.5 Å². The summed E-state index contributed by atoms with van der Waals surface area (Å²) in [6.07, 6.45) is 0.947. The number of aromatic nitrogens is 3. The van der Waals surface area contributed by atoms with Crippen LogP contribution in [-0.2, 0) is 32.2 Å². The lowest BCUT2D eigenvalue weighted by Gasteiger charge is -2.11. The molecule has 0 aliphatic heterocycles. The number of methoxy groups -OCH3 is 4. The Morgan fingerprint density at radius 3 is 1.92 bits per heavy atom. The second-order valence-corrected chi connectivity index (χ2v) is 7.11. The van der Waals surface area contributed by atoms with Gasteiger partial charge in [-0.1, -0.05) is 6.07 Å². The maximum atomic E-state index is 13.9. The Bertz CT molecular complexity index is 1130. The summed E-state index contributed by atoms with van der Waals surface area (Å²) in [5.74, 6) is -0.762. The first-order chi connectivity index (χ1) is 17.8. The summed E-state index contributed by atoms with van der Waals surface area (Å²) in [6, 6.07) is 7.02. The molecule has 0 saturated carbocycles. The van der Waals surface area contributed by atoms with Gasteiger partial charge in [0, 0.05) is 37.4 Å². The van der Waals surface area contributed by atoms with Gasteiger partial charge in [-0.3, -0.25) is 4.98 Å². The zero-order valence-electron chi connectivity index (χ0n) is 20.8. The van der Waals surface area contributed by atoms with Gasteiger partial charge in [0.2, 0.25) is 11.8 Å². The van der Waals surface area contributed by atoms with Gasteiger partial charge < -0.3 is 38.5 Å². The van der Waals surface area contributed by atoms with Crippen LogP contribution in [0, 0.1) is 11.6 Å². The van der Waals surface area contributed by atoms with Crippen LogP contribution in [0.15, 0.2) is 36.5 Å². The van der Waals surface area contributed by atoms with Crippen LogP contribution in [0.4, 0.5) is 8.78 Å². The third kappa shape index (κ3) is 9.28. The van der Waals surface area contributed by atoms with E-state index in [1.54, 1.807) is 18.2 Å². The van der Waals surface area contributed by atoms with Crippen molar-refractivity contribution in [1.29, 1.82) is 0 Å². The molecule has 3 rings (SSSR count). The Kier molecular flexibility index (Phi) is 12.8. The van der Waals surface area contributed by atoms with Gasteiger partial charge >= 0.3 is 7.12 Å². The summed E-state index contributed by atoms with van der Waals surface area (Å²) in [5.41, 5.74) is 1.53. The van der Waals surface area contributed by atoms with Gasteiger partial charge in [0.05, 0.1) is 45.0 Å². The summed E-state index contributed by atoms with van der Waals surface area (Å²) >= 11 is 0. The number of pyridine rings is 3. The van der Waals surface area contributed by atoms with Crippen molar-refractivity contribution in [2.75, 3.05) is 42.0 Å². The number of rotatable bonds is 12. The van der Waals surface area contributed by atoms with Gasteiger partial charge in [-0.15, -0.1) is 0 Å². The molecular formula is C23H28BF2N3O8. The molecular weight excluding hydrogens is 495 g/mol. The van der Waals surface area contributed by atoms with Gasteiger partial charge in [-0.05, 0) is 12.1 Å². The quantitative estimate of drug-likeness (QED) is 0.203. The number of hydrogen-bond acceptors (Lipinski definition) is 11. The molecule has 0 aromatic carbocycles. The minimum absolute atomic E-state index is 0.00238. The molecule has 11 nitrogen and oxygen atoms in total. The van der Waals surface area contributed by atoms with Crippen LogP contribution in [0.3, 0.4) is 0 Å². The van der Waals surface area contributed by atoms with Gasteiger partial charge in [-0.2, -0.15) is 0 Å². The van der Waals surface area contributed by atoms with Crippen molar-refractivity contribution >= 4 is 12.6 Å². The smallest absolute Gasteiger partial charge is 0.481 e. The minimum Gasteiger partial charge on any atom is -0.481 e. The van der Waals surface area contributed by atoms with Crippen molar-refractivity contribution in [3.8, 4) is 23.0 Å². The van der Waals surface area contributed by atoms with E-state index in [2.05, 4.69) is 15.0 Å². The highest BCUT2D eigenvalue weighted by atomic mass is 19.1. The Morgan fingerprint density at radius 2 is 1.38 bits per heavy atom. The van der Waals surface area contributed by atoms with E-state index in [0.717, 1.165) is 12.3 Å². The lowest BCUT2D eigenvalue weighted by atomic mass is 9.79. The van der Waals surface area contributed by atoms with Crippen molar-refractivity contribution in [3.05, 3.63) is 59.6 Å². The Labute approximate surface area is 213 Å². The summed E-state index contributed by atoms with van der Waals surface area (Å²) in [7, 11) is 4.36. The maximum Gasteiger partial charge on any atom is 0.490 e. The van der Waals surface area contributed by atoms with Crippen LogP contribution in [0.5, 0.6) is 11.8 Å². The van der Waals surface area contributed by atoms with Crippen molar-refractivity contribution in [2.45, 2.75) is 13.2 Å². The van der Waals surface area contributed by atoms with Gasteiger partial charge in [-0.25, -0.2) is 18.7 Å². The fourth-order valence-corrected chi connectivity index (χ4v) is 2.93. The molecule has 0 fully saturated rings. The van der Waals surface area contributed by atoms with Gasteiger partial charge in [0.15, 0.2) is 5.82 Å². The van der Waals surface area contributed by atoms with E-state index in [0.29, 0.717) is 28.7 Å². The van der Waals surface area contributed by atoms with Crippen LogP contribution in [0.1, 0.15) is 11.4 Å². The fraction of sp³-hybridized carbons (Fsp3) is 0.348. The molecule has 3 heterocycles. The van der Waals surface area contributed by atoms with E-state index < -0.39 is 18.8 Å². The lowest BCUT2D eigenvalue weighted by Crippen LogP contribution is -2.34. The van der Waals surface area contributed by atoms with E-state index in [4.69, 9.17) is 38.5 Å². The SMILES string of the molecule is COCOCc1nc(OC)ccc1-c1ncc(F)cc1F.COCOCc1nc(OC)ccc1B(O)O. The topological polar surface area (TPSA) is 135 Å². The maximum absolute atomic E-state index is 13.9. The number of hydrogen-bond donors (Lipinski definition) is 2. The average Bonchev–Trinajstić information content (AvgIpc) is 2.89. The zero-order chi connectivity index (χ0) is 27.2. The molecule has 0 radical (unpaired) electrons. The molecule has 0 atom stereocenters. The fourth-order valence-electron chi connectivity index (χ4n) is 2.93. The van der Waals surface area contributed by atoms with Crippen LogP contribution < -0.4 is 14.9 Å². The molecule has 200 valence electrons. The molecule has 3 aromatic heterocycles. The predicted molar refractivity (Wildman–Crippen MR) is 128 cm³/mol. The van der Waals surface area contributed by atoms with Crippen LogP contribution >= 0.6 is 0 Å². The molecule has 0 amide bonds. The third-order valence-corrected chi connectivity index (χ3v) is 4.57. The summed E-state index contributed by atoms with van der Waals surface area (Å²) < 4.78 is 56.6. The lowest BCUT2D eigenvalue weighted by molar-refractivity contribution is -0.0401. The zero-order valence-corrected chi connectivity index (χ0v) is 20.8. The Morgan fingerprint density at radius 1 is 0.811 bits per heavy atom. The van der Waals surface area contributed by atoms with Crippen LogP contribution in [0.25, 0.3) is 11.3 Å². The van der Waals surface area contributed by atoms with E-state index in [-0.39, 0.29) is 38.0 Å². The monoisotopic (exact) mass is 523 g/mol. The number of halogens is 2. The number of nitrogens with zero attached hydrogens (tertiary/aromatic N) is 3. The average molecular weight is 523 g/mol. The van der Waals surface area contributed by atoms with Crippen LogP contribution in [0.2, 0.25) is 0 Å². The normalized spacial score (nSPS) is 10.5. The molecule has 0 aliphatic rings. The summed E-state index contributed by atoms with van der Waals surface area (Å²) in [5, 5.41) is 18.2. The highest BCUT2D eigenvalue weighted by Gasteiger charge is 2.18. The van der Waals surface area contributed by atoms with Crippen molar-refractivity contribution in [3.63, 3.8) is 0 Å². The Hall–Kier alpha value is -3.27. The highest BCUT2D eigenvalue weighted by Crippen LogP contribution is 2.26. The first-order valence-corrected chi connectivity index (χ1v) is 10.7. The van der Waals surface area contributed by atoms with E-state index >= 15 is 0 Å². The second kappa shape index (κ2) is 15.8. The standard InChI is InChI=1S/C14H14F2N2O3.C9H14BNO5/c1-19-8-21-7-12-10(3-4-13(18-12)20-2)14-11(16)5-9(15)6-17-14;1-14-6-16-5-8-7(10(12)13)3-4-9(11-8)15-2/h3-6H,7-8H2,1-2H3;3-4,12-13H,5-6H2,1-2H3. The molecule has 0 aliphatic carbocycles. The van der Waals surface area contributed by atoms with Crippen molar-refractivity contribution < 1.29 is 47.3 Å². The van der Waals surface area contributed by atoms with Gasteiger partial charge in [0.25, 0.3) is 0 Å². The summed E-state index contributed by atoms with van der Waals surface area (Å²) in [4.78, 5) is 12.0. The molecule has 37 heavy (non-hydrogen) atoms. The van der Waals surface area contributed by atoms with Crippen LogP contribution in [-0.4, -0.2) is 74.1 Å². The van der Waals surface area contributed by atoms with E-state index in [1.807, 2.05) is 0 Å². The predicted octanol–water partition coefficient (Wildman–Crippen LogP) is 1.44. The molecule has 2 N–H and O–H groups in total. The first-order valence-electron chi connectivity index (χ1n) is 10.7. The minimum atomic E-state index is -1.58. The van der Waals surface area contributed by atoms with Crippen molar-refractivity contribution in [2.24, 2.45) is 0 Å².